The molecule has 0 saturated heterocycles. The van der Waals surface area contributed by atoms with Crippen molar-refractivity contribution in [2.45, 2.75) is 68.7 Å². The first-order valence-corrected chi connectivity index (χ1v) is 15.1. The Balaban J connectivity index is 1.09. The van der Waals surface area contributed by atoms with Crippen LogP contribution in [0.2, 0.25) is 0 Å². The molecule has 0 aliphatic carbocycles. The number of aliphatic hydroxyl groups is 2. The third-order valence-corrected chi connectivity index (χ3v) is 8.11. The second-order valence-electron chi connectivity index (χ2n) is 11.3. The molecule has 6 unspecified atom stereocenters. The molecule has 2 aromatic carbocycles. The molecule has 0 fully saturated rings. The molecule has 0 saturated carbocycles. The van der Waals surface area contributed by atoms with E-state index in [1.54, 1.807) is 36.4 Å². The Bertz CT molecular complexity index is 1770. The first kappa shape index (κ1) is 31.3. The van der Waals surface area contributed by atoms with Crippen LogP contribution in [0.3, 0.4) is 0 Å². The molecule has 0 amide bonds. The fourth-order valence-corrected chi connectivity index (χ4v) is 5.77. The van der Waals surface area contributed by atoms with Gasteiger partial charge in [-0.1, -0.05) is 6.42 Å². The number of benzene rings is 2. The third-order valence-electron chi connectivity index (χ3n) is 8.11. The van der Waals surface area contributed by atoms with E-state index in [1.165, 1.54) is 24.3 Å². The molecular weight excluding hydrogens is 608 g/mol. The van der Waals surface area contributed by atoms with E-state index >= 15 is 0 Å². The van der Waals surface area contributed by atoms with Crippen LogP contribution in [0.4, 0.5) is 0 Å². The van der Waals surface area contributed by atoms with Gasteiger partial charge in [-0.15, -0.1) is 10.2 Å². The summed E-state index contributed by atoms with van der Waals surface area (Å²) in [6, 6.07) is 19.3. The molecule has 2 aromatic heterocycles. The van der Waals surface area contributed by atoms with Crippen molar-refractivity contribution in [3.05, 3.63) is 104 Å². The van der Waals surface area contributed by atoms with Crippen molar-refractivity contribution >= 4 is 0 Å². The van der Waals surface area contributed by atoms with Gasteiger partial charge in [-0.2, -0.15) is 10.5 Å². The summed E-state index contributed by atoms with van der Waals surface area (Å²) < 4.78 is 24.2. The second kappa shape index (κ2) is 13.7. The van der Waals surface area contributed by atoms with E-state index in [-0.39, 0.29) is 11.8 Å². The van der Waals surface area contributed by atoms with Crippen molar-refractivity contribution in [1.82, 2.24) is 20.4 Å². The van der Waals surface area contributed by atoms with Gasteiger partial charge in [0.2, 0.25) is 11.8 Å². The number of unbranched alkanes of at least 4 members (excludes halogenated alkanes) is 2. The van der Waals surface area contributed by atoms with Gasteiger partial charge < -0.3 is 29.2 Å². The van der Waals surface area contributed by atoms with E-state index in [1.807, 2.05) is 0 Å². The summed E-state index contributed by atoms with van der Waals surface area (Å²) in [6.07, 6.45) is -2.19. The molecule has 0 bridgehead atoms. The number of aromatic nitrogens is 4. The molecular formula is C33H30N6O8. The minimum atomic E-state index is -1.09. The lowest BCUT2D eigenvalue weighted by Gasteiger charge is -2.37. The van der Waals surface area contributed by atoms with Gasteiger partial charge in [0, 0.05) is 35.4 Å². The standard InChI is InChI=1S/C33H30N6O8/c34-16-18-6-8-22-20(14-18)32(46-28-12-10-26(40)36-38-28)30(42)24(44-22)4-2-1-3-5-25-31(43)33(47-29-13-11-27(41)37-39-29)21-15-19(17-35)7-9-23(21)45-25/h6-15,24-25,30-33,42-43H,1-5H2,(H,36,40)(H,37,41). The SMILES string of the molecule is N#Cc1ccc2c(c1)C(Oc1ccc(=O)[nH]n1)C(O)C(CCCCCC1Oc3ccc(C#N)cc3C(Oc3ccc(=O)[nH]n3)C1O)O2. The topological polar surface area (TPSA) is 216 Å². The predicted octanol–water partition coefficient (Wildman–Crippen LogP) is 2.73. The molecule has 2 aliphatic rings. The zero-order valence-electron chi connectivity index (χ0n) is 24.9. The quantitative estimate of drug-likeness (QED) is 0.184. The highest BCUT2D eigenvalue weighted by atomic mass is 16.5. The fourth-order valence-electron chi connectivity index (χ4n) is 5.77. The number of rotatable bonds is 10. The van der Waals surface area contributed by atoms with E-state index in [9.17, 15) is 30.3 Å². The minimum Gasteiger partial charge on any atom is -0.487 e. The number of hydrogen-bond acceptors (Lipinski definition) is 12. The van der Waals surface area contributed by atoms with Gasteiger partial charge >= 0.3 is 0 Å². The first-order valence-electron chi connectivity index (χ1n) is 15.1. The molecule has 4 N–H and O–H groups in total. The molecule has 47 heavy (non-hydrogen) atoms. The van der Waals surface area contributed by atoms with Crippen LogP contribution >= 0.6 is 0 Å². The summed E-state index contributed by atoms with van der Waals surface area (Å²) in [6.45, 7) is 0. The van der Waals surface area contributed by atoms with E-state index < -0.39 is 47.7 Å². The number of fused-ring (bicyclic) bond motifs is 2. The lowest BCUT2D eigenvalue weighted by atomic mass is 9.90. The summed E-state index contributed by atoms with van der Waals surface area (Å²) in [5.74, 6) is 1.18. The Morgan fingerprint density at radius 1 is 0.681 bits per heavy atom. The Kier molecular flexibility index (Phi) is 9.15. The largest absolute Gasteiger partial charge is 0.487 e. The van der Waals surface area contributed by atoms with Crippen LogP contribution in [0.15, 0.2) is 70.3 Å². The highest BCUT2D eigenvalue weighted by Gasteiger charge is 2.40. The molecule has 14 heteroatoms. The van der Waals surface area contributed by atoms with Gasteiger partial charge in [0.1, 0.15) is 35.9 Å². The van der Waals surface area contributed by atoms with Gasteiger partial charge in [-0.25, -0.2) is 10.2 Å². The Morgan fingerprint density at radius 2 is 1.13 bits per heavy atom. The highest BCUT2D eigenvalue weighted by molar-refractivity contribution is 5.46. The maximum Gasteiger partial charge on any atom is 0.264 e. The number of nitriles is 2. The summed E-state index contributed by atoms with van der Waals surface area (Å²) in [7, 11) is 0. The average molecular weight is 639 g/mol. The van der Waals surface area contributed by atoms with Crippen molar-refractivity contribution in [2.24, 2.45) is 0 Å². The maximum absolute atomic E-state index is 11.5. The van der Waals surface area contributed by atoms with Gasteiger partial charge in [-0.05, 0) is 62.1 Å². The Hall–Kier alpha value is -5.70. The van der Waals surface area contributed by atoms with Crippen LogP contribution in [-0.4, -0.2) is 55.0 Å². The second-order valence-corrected chi connectivity index (χ2v) is 11.3. The number of hydrogen-bond donors (Lipinski definition) is 4. The number of nitrogens with zero attached hydrogens (tertiary/aromatic N) is 4. The Labute approximate surface area is 267 Å². The smallest absolute Gasteiger partial charge is 0.264 e. The average Bonchev–Trinajstić information content (AvgIpc) is 3.09. The lowest BCUT2D eigenvalue weighted by Crippen LogP contribution is -2.43. The van der Waals surface area contributed by atoms with Crippen molar-refractivity contribution in [3.8, 4) is 35.4 Å². The number of aromatic amines is 2. The van der Waals surface area contributed by atoms with Crippen LogP contribution < -0.4 is 30.1 Å². The monoisotopic (exact) mass is 638 g/mol. The molecule has 0 spiro atoms. The van der Waals surface area contributed by atoms with E-state index in [4.69, 9.17) is 18.9 Å². The van der Waals surface area contributed by atoms with Gasteiger partial charge in [0.15, 0.2) is 12.2 Å². The zero-order chi connectivity index (χ0) is 32.9. The molecule has 14 nitrogen and oxygen atoms in total. The minimum absolute atomic E-state index is 0.109. The van der Waals surface area contributed by atoms with Gasteiger partial charge in [0.05, 0.1) is 23.3 Å². The van der Waals surface area contributed by atoms with E-state index in [2.05, 4.69) is 32.5 Å². The van der Waals surface area contributed by atoms with Crippen LogP contribution in [0, 0.1) is 22.7 Å². The zero-order valence-corrected chi connectivity index (χ0v) is 24.9. The lowest BCUT2D eigenvalue weighted by molar-refractivity contribution is -0.0646. The third kappa shape index (κ3) is 6.94. The first-order chi connectivity index (χ1) is 22.8. The van der Waals surface area contributed by atoms with Crippen molar-refractivity contribution in [3.63, 3.8) is 0 Å². The molecule has 4 aromatic rings. The molecule has 6 atom stereocenters. The summed E-state index contributed by atoms with van der Waals surface area (Å²) in [5, 5.41) is 53.8. The summed E-state index contributed by atoms with van der Waals surface area (Å²) in [5.41, 5.74) is 0.965. The Morgan fingerprint density at radius 3 is 1.51 bits per heavy atom. The number of H-pyrrole nitrogens is 2. The van der Waals surface area contributed by atoms with Crippen LogP contribution in [0.25, 0.3) is 0 Å². The molecule has 0 radical (unpaired) electrons. The van der Waals surface area contributed by atoms with E-state index in [0.29, 0.717) is 59.4 Å². The molecule has 2 aliphatic heterocycles. The van der Waals surface area contributed by atoms with Crippen LogP contribution in [0.5, 0.6) is 23.3 Å². The van der Waals surface area contributed by atoms with Crippen molar-refractivity contribution in [2.75, 3.05) is 0 Å². The predicted molar refractivity (Wildman–Crippen MR) is 163 cm³/mol. The molecule has 6 rings (SSSR count). The number of nitrogens with one attached hydrogen (secondary N) is 2. The molecule has 240 valence electrons. The maximum atomic E-state index is 11.5. The van der Waals surface area contributed by atoms with Crippen LogP contribution in [-0.2, 0) is 0 Å². The normalized spacial score (nSPS) is 22.7. The molecule has 4 heterocycles. The van der Waals surface area contributed by atoms with Crippen molar-refractivity contribution < 1.29 is 29.2 Å². The van der Waals surface area contributed by atoms with Gasteiger partial charge in [-0.3, -0.25) is 9.59 Å². The highest BCUT2D eigenvalue weighted by Crippen LogP contribution is 2.41. The van der Waals surface area contributed by atoms with Crippen LogP contribution in [0.1, 0.15) is 66.6 Å². The summed E-state index contributed by atoms with van der Waals surface area (Å²) in [4.78, 5) is 22.9. The van der Waals surface area contributed by atoms with E-state index in [0.717, 1.165) is 6.42 Å². The fraction of sp³-hybridized carbons (Fsp3) is 0.333. The number of ether oxygens (including phenoxy) is 4. The summed E-state index contributed by atoms with van der Waals surface area (Å²) >= 11 is 0. The van der Waals surface area contributed by atoms with Gasteiger partial charge in [0.25, 0.3) is 11.1 Å². The van der Waals surface area contributed by atoms with Crippen molar-refractivity contribution in [1.29, 1.82) is 10.5 Å². The number of aliphatic hydroxyl groups excluding tert-OH is 2.